The van der Waals surface area contributed by atoms with Gasteiger partial charge in [-0.15, -0.1) is 5.10 Å². The SMILES string of the molecule is CNCc1nnnn1C1CCOc2ccccc21. The highest BCUT2D eigenvalue weighted by molar-refractivity contribution is 5.37. The number of nitrogens with zero attached hydrogens (tertiary/aromatic N) is 4. The number of hydrogen-bond donors (Lipinski definition) is 1. The molecule has 2 aromatic rings. The fourth-order valence-electron chi connectivity index (χ4n) is 2.31. The first-order valence-electron chi connectivity index (χ1n) is 6.03. The van der Waals surface area contributed by atoms with Gasteiger partial charge in [-0.25, -0.2) is 4.68 Å². The summed E-state index contributed by atoms with van der Waals surface area (Å²) < 4.78 is 7.54. The van der Waals surface area contributed by atoms with Crippen molar-refractivity contribution in [2.45, 2.75) is 19.0 Å². The maximum atomic E-state index is 5.65. The van der Waals surface area contributed by atoms with Crippen LogP contribution in [0.15, 0.2) is 24.3 Å². The lowest BCUT2D eigenvalue weighted by Crippen LogP contribution is -2.24. The van der Waals surface area contributed by atoms with Crippen molar-refractivity contribution in [3.05, 3.63) is 35.7 Å². The van der Waals surface area contributed by atoms with E-state index in [0.29, 0.717) is 13.2 Å². The Balaban J connectivity index is 2.00. The Morgan fingerprint density at radius 1 is 1.44 bits per heavy atom. The summed E-state index contributed by atoms with van der Waals surface area (Å²) in [4.78, 5) is 0. The number of aromatic nitrogens is 4. The Hall–Kier alpha value is -1.95. The van der Waals surface area contributed by atoms with Crippen molar-refractivity contribution < 1.29 is 4.74 Å². The average Bonchev–Trinajstić information content (AvgIpc) is 2.87. The predicted molar refractivity (Wildman–Crippen MR) is 65.3 cm³/mol. The van der Waals surface area contributed by atoms with E-state index in [4.69, 9.17) is 4.74 Å². The van der Waals surface area contributed by atoms with Crippen LogP contribution < -0.4 is 10.1 Å². The molecule has 1 N–H and O–H groups in total. The standard InChI is InChI=1S/C12H15N5O/c1-13-8-12-14-15-16-17(12)10-6-7-18-11-5-3-2-4-9(10)11/h2-5,10,13H,6-8H2,1H3. The van der Waals surface area contributed by atoms with Crippen molar-refractivity contribution in [2.24, 2.45) is 0 Å². The second-order valence-electron chi connectivity index (χ2n) is 4.26. The number of nitrogens with one attached hydrogen (secondary N) is 1. The molecule has 0 aliphatic carbocycles. The van der Waals surface area contributed by atoms with Crippen LogP contribution in [0.4, 0.5) is 0 Å². The van der Waals surface area contributed by atoms with Crippen LogP contribution in [0, 0.1) is 0 Å². The summed E-state index contributed by atoms with van der Waals surface area (Å²) in [5.41, 5.74) is 1.15. The smallest absolute Gasteiger partial charge is 0.165 e. The molecule has 2 heterocycles. The van der Waals surface area contributed by atoms with Gasteiger partial charge in [0.15, 0.2) is 5.82 Å². The fraction of sp³-hybridized carbons (Fsp3) is 0.417. The molecule has 1 aliphatic heterocycles. The van der Waals surface area contributed by atoms with Crippen LogP contribution in [-0.2, 0) is 6.54 Å². The lowest BCUT2D eigenvalue weighted by Gasteiger charge is -2.26. The summed E-state index contributed by atoms with van der Waals surface area (Å²) >= 11 is 0. The zero-order valence-electron chi connectivity index (χ0n) is 10.2. The van der Waals surface area contributed by atoms with E-state index in [9.17, 15) is 0 Å². The van der Waals surface area contributed by atoms with Crippen molar-refractivity contribution in [2.75, 3.05) is 13.7 Å². The number of tetrazole rings is 1. The van der Waals surface area contributed by atoms with Gasteiger partial charge in [0.1, 0.15) is 5.75 Å². The maximum Gasteiger partial charge on any atom is 0.165 e. The van der Waals surface area contributed by atoms with Crippen molar-refractivity contribution in [1.82, 2.24) is 25.5 Å². The molecule has 1 aromatic carbocycles. The van der Waals surface area contributed by atoms with E-state index in [2.05, 4.69) is 26.9 Å². The number of rotatable bonds is 3. The van der Waals surface area contributed by atoms with Crippen LogP contribution in [0.25, 0.3) is 0 Å². The van der Waals surface area contributed by atoms with E-state index >= 15 is 0 Å². The molecule has 0 spiro atoms. The quantitative estimate of drug-likeness (QED) is 0.865. The molecule has 0 saturated carbocycles. The molecule has 0 amide bonds. The number of fused-ring (bicyclic) bond motifs is 1. The topological polar surface area (TPSA) is 64.9 Å². The third-order valence-corrected chi connectivity index (χ3v) is 3.12. The van der Waals surface area contributed by atoms with Crippen molar-refractivity contribution in [3.63, 3.8) is 0 Å². The molecule has 0 radical (unpaired) electrons. The first-order valence-corrected chi connectivity index (χ1v) is 6.03. The molecule has 18 heavy (non-hydrogen) atoms. The predicted octanol–water partition coefficient (Wildman–Crippen LogP) is 0.764. The van der Waals surface area contributed by atoms with Crippen molar-refractivity contribution in [3.8, 4) is 5.75 Å². The third kappa shape index (κ3) is 1.84. The normalized spacial score (nSPS) is 18.2. The first-order chi connectivity index (χ1) is 8.90. The van der Waals surface area contributed by atoms with Gasteiger partial charge in [-0.2, -0.15) is 0 Å². The second kappa shape index (κ2) is 4.73. The summed E-state index contributed by atoms with van der Waals surface area (Å²) in [5.74, 6) is 1.78. The Kier molecular flexibility index (Phi) is 2.93. The van der Waals surface area contributed by atoms with Gasteiger partial charge in [0.05, 0.1) is 19.2 Å². The van der Waals surface area contributed by atoms with Crippen LogP contribution in [0.3, 0.4) is 0 Å². The first kappa shape index (κ1) is 11.2. The Labute approximate surface area is 105 Å². The molecule has 1 aromatic heterocycles. The van der Waals surface area contributed by atoms with Crippen molar-refractivity contribution in [1.29, 1.82) is 0 Å². The van der Waals surface area contributed by atoms with Crippen LogP contribution in [0.5, 0.6) is 5.75 Å². The molecule has 1 atom stereocenters. The van der Waals surface area contributed by atoms with Gasteiger partial charge in [0, 0.05) is 12.0 Å². The lowest BCUT2D eigenvalue weighted by molar-refractivity contribution is 0.246. The van der Waals surface area contributed by atoms with E-state index in [1.165, 1.54) is 0 Å². The highest BCUT2D eigenvalue weighted by Gasteiger charge is 2.25. The molecule has 1 aliphatic rings. The zero-order chi connectivity index (χ0) is 12.4. The molecule has 6 nitrogen and oxygen atoms in total. The van der Waals surface area contributed by atoms with Gasteiger partial charge in [0.2, 0.25) is 0 Å². The van der Waals surface area contributed by atoms with Gasteiger partial charge < -0.3 is 10.1 Å². The van der Waals surface area contributed by atoms with E-state index < -0.39 is 0 Å². The van der Waals surface area contributed by atoms with Crippen LogP contribution in [-0.4, -0.2) is 33.9 Å². The van der Waals surface area contributed by atoms with E-state index in [1.54, 1.807) is 0 Å². The third-order valence-electron chi connectivity index (χ3n) is 3.12. The summed E-state index contributed by atoms with van der Waals surface area (Å²) in [6.07, 6.45) is 0.888. The average molecular weight is 245 g/mol. The largest absolute Gasteiger partial charge is 0.493 e. The summed E-state index contributed by atoms with van der Waals surface area (Å²) in [6.45, 7) is 1.35. The molecular weight excluding hydrogens is 230 g/mol. The van der Waals surface area contributed by atoms with E-state index in [1.807, 2.05) is 29.9 Å². The summed E-state index contributed by atoms with van der Waals surface area (Å²) in [6, 6.07) is 8.22. The molecule has 0 fully saturated rings. The van der Waals surface area contributed by atoms with Gasteiger partial charge in [0.25, 0.3) is 0 Å². The number of ether oxygens (including phenoxy) is 1. The molecule has 0 bridgehead atoms. The van der Waals surface area contributed by atoms with Gasteiger partial charge in [-0.3, -0.25) is 0 Å². The Morgan fingerprint density at radius 2 is 2.33 bits per heavy atom. The number of para-hydroxylation sites is 1. The molecule has 1 unspecified atom stereocenters. The van der Waals surface area contributed by atoms with E-state index in [0.717, 1.165) is 23.6 Å². The highest BCUT2D eigenvalue weighted by Crippen LogP contribution is 2.34. The minimum Gasteiger partial charge on any atom is -0.493 e. The molecule has 6 heteroatoms. The van der Waals surface area contributed by atoms with Crippen molar-refractivity contribution >= 4 is 0 Å². The van der Waals surface area contributed by atoms with Gasteiger partial charge >= 0.3 is 0 Å². The van der Waals surface area contributed by atoms with Gasteiger partial charge in [-0.05, 0) is 23.5 Å². The molecule has 94 valence electrons. The molecule has 3 rings (SSSR count). The number of hydrogen-bond acceptors (Lipinski definition) is 5. The zero-order valence-corrected chi connectivity index (χ0v) is 10.2. The van der Waals surface area contributed by atoms with Crippen LogP contribution in [0.2, 0.25) is 0 Å². The minimum atomic E-state index is 0.160. The van der Waals surface area contributed by atoms with Gasteiger partial charge in [-0.1, -0.05) is 18.2 Å². The summed E-state index contributed by atoms with van der Waals surface area (Å²) in [5, 5.41) is 15.0. The summed E-state index contributed by atoms with van der Waals surface area (Å²) in [7, 11) is 1.89. The second-order valence-corrected chi connectivity index (χ2v) is 4.26. The molecular formula is C12H15N5O. The Bertz CT molecular complexity index is 539. The molecule has 0 saturated heterocycles. The minimum absolute atomic E-state index is 0.160. The highest BCUT2D eigenvalue weighted by atomic mass is 16.5. The Morgan fingerprint density at radius 3 is 3.22 bits per heavy atom. The monoisotopic (exact) mass is 245 g/mol. The maximum absolute atomic E-state index is 5.65. The lowest BCUT2D eigenvalue weighted by atomic mass is 10.0. The van der Waals surface area contributed by atoms with E-state index in [-0.39, 0.29) is 6.04 Å². The van der Waals surface area contributed by atoms with Crippen LogP contribution in [0.1, 0.15) is 23.9 Å². The fourth-order valence-corrected chi connectivity index (χ4v) is 2.31. The van der Waals surface area contributed by atoms with Crippen LogP contribution >= 0.6 is 0 Å². The number of benzene rings is 1.